The lowest BCUT2D eigenvalue weighted by atomic mass is 10.0. The largest absolute Gasteiger partial charge is 0.478 e. The third-order valence-electron chi connectivity index (χ3n) is 6.12. The summed E-state index contributed by atoms with van der Waals surface area (Å²) >= 11 is 0. The highest BCUT2D eigenvalue weighted by Crippen LogP contribution is 2.36. The van der Waals surface area contributed by atoms with Crippen LogP contribution in [0.15, 0.2) is 36.4 Å². The monoisotopic (exact) mass is 774 g/mol. The summed E-state index contributed by atoms with van der Waals surface area (Å²) < 4.78 is 126. The highest BCUT2D eigenvalue weighted by molar-refractivity contribution is 6.38. The van der Waals surface area contributed by atoms with Crippen LogP contribution in [0.4, 0.5) is 35.1 Å². The molecule has 0 aliphatic heterocycles. The average molecular weight is 775 g/mol. The molecule has 0 fully saturated rings. The number of rotatable bonds is 12. The molecule has 0 spiro atoms. The Kier molecular flexibility index (Phi) is 18.3. The van der Waals surface area contributed by atoms with Gasteiger partial charge in [-0.1, -0.05) is 0 Å². The van der Waals surface area contributed by atoms with Gasteiger partial charge in [0.25, 0.3) is 0 Å². The minimum absolute atomic E-state index is 0.0389. The Balaban J connectivity index is 0.000000841. The first-order valence-electron chi connectivity index (χ1n) is 15.3. The number of hydrogen-bond donors (Lipinski definition) is 0. The molecule has 19 heteroatoms. The summed E-state index contributed by atoms with van der Waals surface area (Å²) in [6.07, 6.45) is -10.2. The minimum atomic E-state index is -4.73. The lowest BCUT2D eigenvalue weighted by molar-refractivity contribution is -0.234. The van der Waals surface area contributed by atoms with Gasteiger partial charge in [-0.05, 0) is 79.7 Å². The summed E-state index contributed by atoms with van der Waals surface area (Å²) in [6.45, 7) is 9.34. The molecule has 296 valence electrons. The Hall–Kier alpha value is -5.10. The van der Waals surface area contributed by atoms with Crippen LogP contribution in [0.3, 0.4) is 0 Å². The smallest absolute Gasteiger partial charge is 0.427 e. The number of esters is 3. The van der Waals surface area contributed by atoms with Gasteiger partial charge in [-0.25, -0.2) is 23.2 Å². The van der Waals surface area contributed by atoms with Crippen molar-refractivity contribution in [3.63, 3.8) is 0 Å². The molecule has 0 amide bonds. The standard InChI is InChI=1S/C16H16F4O5.C12H12F4O2.C6H10O4/c1-4-24-14(23)13(22)8-12(21)9-5-10(17)7-11(6-9)25-15(2,3)16(18,19)20;1-7(17)8-4-9(13)6-10(5-8)18-11(2,3)12(14,15)16;1-3-9-5(7)6(8)10-4-2/h5-7H,4,8H2,1-3H3;4-6H,1-3H3;3-4H2,1-2H3. The van der Waals surface area contributed by atoms with E-state index in [0.717, 1.165) is 58.0 Å². The van der Waals surface area contributed by atoms with Crippen LogP contribution in [0, 0.1) is 11.6 Å². The Morgan fingerprint density at radius 1 is 0.547 bits per heavy atom. The van der Waals surface area contributed by atoms with Crippen LogP contribution in [-0.4, -0.2) is 78.6 Å². The zero-order valence-corrected chi connectivity index (χ0v) is 29.8. The number of carbonyl (C=O) groups is 6. The van der Waals surface area contributed by atoms with E-state index < -0.39 is 88.2 Å². The van der Waals surface area contributed by atoms with Gasteiger partial charge in [0, 0.05) is 23.3 Å². The van der Waals surface area contributed by atoms with E-state index in [4.69, 9.17) is 9.47 Å². The first kappa shape index (κ1) is 47.9. The van der Waals surface area contributed by atoms with Crippen molar-refractivity contribution < 1.29 is 87.6 Å². The third kappa shape index (κ3) is 16.4. The second-order valence-corrected chi connectivity index (χ2v) is 11.3. The maximum absolute atomic E-state index is 13.6. The quantitative estimate of drug-likeness (QED) is 0.0543. The van der Waals surface area contributed by atoms with Crippen molar-refractivity contribution in [2.45, 2.75) is 85.4 Å². The van der Waals surface area contributed by atoms with Crippen molar-refractivity contribution in [3.05, 3.63) is 59.2 Å². The van der Waals surface area contributed by atoms with Crippen molar-refractivity contribution in [1.82, 2.24) is 0 Å². The fraction of sp³-hybridized carbons (Fsp3) is 0.471. The molecule has 0 saturated carbocycles. The average Bonchev–Trinajstić information content (AvgIpc) is 3.00. The van der Waals surface area contributed by atoms with E-state index in [2.05, 4.69) is 14.2 Å². The van der Waals surface area contributed by atoms with Crippen LogP contribution in [0.1, 0.15) is 82.5 Å². The molecule has 11 nitrogen and oxygen atoms in total. The van der Waals surface area contributed by atoms with Crippen molar-refractivity contribution in [1.29, 1.82) is 0 Å². The maximum atomic E-state index is 13.6. The summed E-state index contributed by atoms with van der Waals surface area (Å²) in [5.74, 6) is -8.34. The molecule has 0 aliphatic carbocycles. The predicted octanol–water partition coefficient (Wildman–Crippen LogP) is 7.11. The van der Waals surface area contributed by atoms with Gasteiger partial charge in [-0.15, -0.1) is 0 Å². The van der Waals surface area contributed by atoms with Crippen LogP contribution < -0.4 is 9.47 Å². The number of ether oxygens (including phenoxy) is 5. The minimum Gasteiger partial charge on any atom is -0.478 e. The molecule has 0 aromatic heterocycles. The molecule has 2 aromatic rings. The van der Waals surface area contributed by atoms with Gasteiger partial charge in [0.05, 0.1) is 26.2 Å². The summed E-state index contributed by atoms with van der Waals surface area (Å²) in [7, 11) is 0. The van der Waals surface area contributed by atoms with Crippen LogP contribution in [0.25, 0.3) is 0 Å². The highest BCUT2D eigenvalue weighted by Gasteiger charge is 2.50. The van der Waals surface area contributed by atoms with E-state index >= 15 is 0 Å². The van der Waals surface area contributed by atoms with Crippen molar-refractivity contribution in [3.8, 4) is 11.5 Å². The molecule has 53 heavy (non-hydrogen) atoms. The molecule has 0 atom stereocenters. The number of carbonyl (C=O) groups excluding carboxylic acids is 6. The Bertz CT molecular complexity index is 1600. The Labute approximate surface area is 298 Å². The summed E-state index contributed by atoms with van der Waals surface area (Å²) in [5.41, 5.74) is -5.52. The molecular formula is C34H38F8O11. The number of ketones is 3. The van der Waals surface area contributed by atoms with Crippen molar-refractivity contribution >= 4 is 35.3 Å². The molecular weight excluding hydrogens is 736 g/mol. The predicted molar refractivity (Wildman–Crippen MR) is 168 cm³/mol. The van der Waals surface area contributed by atoms with E-state index in [1.165, 1.54) is 13.8 Å². The molecule has 0 saturated heterocycles. The van der Waals surface area contributed by atoms with Crippen molar-refractivity contribution in [2.75, 3.05) is 19.8 Å². The summed E-state index contributed by atoms with van der Waals surface area (Å²) in [6, 6.07) is 5.11. The second-order valence-electron chi connectivity index (χ2n) is 11.3. The fourth-order valence-corrected chi connectivity index (χ4v) is 3.22. The van der Waals surface area contributed by atoms with Crippen LogP contribution in [-0.2, 0) is 33.4 Å². The first-order chi connectivity index (χ1) is 24.1. The van der Waals surface area contributed by atoms with Gasteiger partial charge in [0.2, 0.25) is 5.78 Å². The maximum Gasteiger partial charge on any atom is 0.427 e. The van der Waals surface area contributed by atoms with E-state index in [0.29, 0.717) is 6.07 Å². The van der Waals surface area contributed by atoms with Gasteiger partial charge in [-0.3, -0.25) is 14.4 Å². The first-order valence-corrected chi connectivity index (χ1v) is 15.3. The van der Waals surface area contributed by atoms with Gasteiger partial charge < -0.3 is 23.7 Å². The van der Waals surface area contributed by atoms with E-state index in [9.17, 15) is 63.9 Å². The molecule has 0 unspecified atom stereocenters. The molecule has 0 aliphatic rings. The number of alkyl halides is 6. The summed E-state index contributed by atoms with van der Waals surface area (Å²) in [5, 5.41) is 0. The lowest BCUT2D eigenvalue weighted by Gasteiger charge is -2.28. The van der Waals surface area contributed by atoms with Crippen LogP contribution in [0.2, 0.25) is 0 Å². The second kappa shape index (κ2) is 20.2. The molecule has 0 radical (unpaired) electrons. The number of hydrogen-bond acceptors (Lipinski definition) is 11. The molecule has 0 heterocycles. The molecule has 0 N–H and O–H groups in total. The Morgan fingerprint density at radius 3 is 1.23 bits per heavy atom. The van der Waals surface area contributed by atoms with Crippen LogP contribution >= 0.6 is 0 Å². The molecule has 2 aromatic carbocycles. The lowest BCUT2D eigenvalue weighted by Crippen LogP contribution is -2.44. The number of halogens is 8. The topological polar surface area (TPSA) is 149 Å². The number of benzene rings is 2. The molecule has 0 bridgehead atoms. The van der Waals surface area contributed by atoms with Crippen molar-refractivity contribution in [2.24, 2.45) is 0 Å². The fourth-order valence-electron chi connectivity index (χ4n) is 3.22. The SMILES string of the molecule is CC(=O)c1cc(F)cc(OC(C)(C)C(F)(F)F)c1.CCOC(=O)C(=O)CC(=O)c1cc(F)cc(OC(C)(C)C(F)(F)F)c1.CCOC(=O)C(=O)OCC. The highest BCUT2D eigenvalue weighted by atomic mass is 19.4. The normalized spacial score (nSPS) is 11.4. The van der Waals surface area contributed by atoms with Gasteiger partial charge in [0.15, 0.2) is 22.8 Å². The molecule has 2 rings (SSSR count). The zero-order valence-electron chi connectivity index (χ0n) is 29.8. The van der Waals surface area contributed by atoms with E-state index in [-0.39, 0.29) is 31.1 Å². The third-order valence-corrected chi connectivity index (χ3v) is 6.12. The van der Waals surface area contributed by atoms with Gasteiger partial charge >= 0.3 is 30.3 Å². The van der Waals surface area contributed by atoms with Crippen LogP contribution in [0.5, 0.6) is 11.5 Å². The van der Waals surface area contributed by atoms with Gasteiger partial charge in [-0.2, -0.15) is 26.3 Å². The van der Waals surface area contributed by atoms with Gasteiger partial charge in [0.1, 0.15) is 23.1 Å². The van der Waals surface area contributed by atoms with E-state index in [1.807, 2.05) is 0 Å². The Morgan fingerprint density at radius 2 is 0.887 bits per heavy atom. The van der Waals surface area contributed by atoms with E-state index in [1.54, 1.807) is 13.8 Å². The summed E-state index contributed by atoms with van der Waals surface area (Å²) in [4.78, 5) is 66.6. The number of Topliss-reactive ketones (excluding diaryl/α,β-unsaturated/α-hetero) is 3. The zero-order chi connectivity index (χ0) is 41.5.